The number of pyridine rings is 1. The fourth-order valence-corrected chi connectivity index (χ4v) is 3.93. The second kappa shape index (κ2) is 6.44. The van der Waals surface area contributed by atoms with Crippen molar-refractivity contribution in [2.24, 2.45) is 0 Å². The fourth-order valence-electron chi connectivity index (χ4n) is 3.93. The zero-order valence-corrected chi connectivity index (χ0v) is 14.4. The molecule has 0 spiro atoms. The van der Waals surface area contributed by atoms with Crippen LogP contribution in [-0.4, -0.2) is 29.6 Å². The van der Waals surface area contributed by atoms with E-state index in [1.54, 1.807) is 0 Å². The normalized spacial score (nSPS) is 19.2. The van der Waals surface area contributed by atoms with E-state index >= 15 is 0 Å². The molecule has 0 radical (unpaired) electrons. The molecule has 0 amide bonds. The van der Waals surface area contributed by atoms with Crippen LogP contribution in [0.4, 0.5) is 0 Å². The van der Waals surface area contributed by atoms with Crippen molar-refractivity contribution in [1.82, 2.24) is 9.88 Å². The number of ether oxygens (including phenoxy) is 2. The van der Waals surface area contributed by atoms with Crippen molar-refractivity contribution in [3.63, 3.8) is 0 Å². The molecule has 0 saturated heterocycles. The molecule has 4 heteroatoms. The molecular formula is C20H24N2O2. The van der Waals surface area contributed by atoms with Crippen LogP contribution in [0.1, 0.15) is 42.3 Å². The van der Waals surface area contributed by atoms with E-state index in [0.29, 0.717) is 19.3 Å². The van der Waals surface area contributed by atoms with Crippen LogP contribution in [0.15, 0.2) is 30.5 Å². The molecule has 0 saturated carbocycles. The van der Waals surface area contributed by atoms with E-state index in [4.69, 9.17) is 9.47 Å². The first-order valence-corrected chi connectivity index (χ1v) is 8.89. The van der Waals surface area contributed by atoms with Gasteiger partial charge in [0.05, 0.1) is 13.2 Å². The molecule has 2 aromatic rings. The van der Waals surface area contributed by atoms with Crippen LogP contribution in [-0.2, 0) is 19.4 Å². The molecule has 0 fully saturated rings. The molecule has 4 rings (SSSR count). The van der Waals surface area contributed by atoms with Gasteiger partial charge < -0.3 is 9.47 Å². The second-order valence-electron chi connectivity index (χ2n) is 6.41. The van der Waals surface area contributed by atoms with Gasteiger partial charge in [-0.2, -0.15) is 0 Å². The van der Waals surface area contributed by atoms with Crippen molar-refractivity contribution in [2.45, 2.75) is 39.3 Å². The Hall–Kier alpha value is -2.07. The zero-order valence-electron chi connectivity index (χ0n) is 14.4. The van der Waals surface area contributed by atoms with Gasteiger partial charge in [0.25, 0.3) is 0 Å². The number of hydrogen-bond donors (Lipinski definition) is 0. The summed E-state index contributed by atoms with van der Waals surface area (Å²) in [7, 11) is 0. The summed E-state index contributed by atoms with van der Waals surface area (Å²) in [5.74, 6) is 1.74. The highest BCUT2D eigenvalue weighted by molar-refractivity contribution is 5.50. The van der Waals surface area contributed by atoms with Gasteiger partial charge in [-0.1, -0.05) is 6.07 Å². The summed E-state index contributed by atoms with van der Waals surface area (Å²) in [6.45, 7) is 7.42. The Morgan fingerprint density at radius 1 is 1.12 bits per heavy atom. The van der Waals surface area contributed by atoms with Crippen LogP contribution < -0.4 is 9.47 Å². The summed E-state index contributed by atoms with van der Waals surface area (Å²) in [5.41, 5.74) is 5.37. The highest BCUT2D eigenvalue weighted by Gasteiger charge is 2.33. The molecule has 0 bridgehead atoms. The third-order valence-electron chi connectivity index (χ3n) is 5.02. The maximum absolute atomic E-state index is 5.85. The highest BCUT2D eigenvalue weighted by atomic mass is 16.5. The van der Waals surface area contributed by atoms with E-state index in [0.717, 1.165) is 37.4 Å². The summed E-state index contributed by atoms with van der Waals surface area (Å²) in [6, 6.07) is 9.03. The number of nitrogens with zero attached hydrogens (tertiary/aromatic N) is 2. The Balaban J connectivity index is 1.73. The monoisotopic (exact) mass is 324 g/mol. The molecule has 0 aliphatic carbocycles. The number of benzene rings is 1. The third kappa shape index (κ3) is 2.65. The minimum atomic E-state index is 0.394. The van der Waals surface area contributed by atoms with Crippen molar-refractivity contribution < 1.29 is 9.47 Å². The Labute approximate surface area is 143 Å². The standard InChI is InChI=1S/C20H24N2O2/c1-3-23-19-10-14-7-9-22-13-15-6-5-8-21-17(15)12-18(22)16(14)11-20(19)24-4-2/h5-6,8,10-11,18H,3-4,7,9,12-13H2,1-2H3. The largest absolute Gasteiger partial charge is 0.490 e. The summed E-state index contributed by atoms with van der Waals surface area (Å²) >= 11 is 0. The molecular weight excluding hydrogens is 300 g/mol. The molecule has 0 N–H and O–H groups in total. The lowest BCUT2D eigenvalue weighted by Crippen LogP contribution is -2.39. The van der Waals surface area contributed by atoms with Crippen molar-refractivity contribution >= 4 is 0 Å². The van der Waals surface area contributed by atoms with Gasteiger partial charge in [0, 0.05) is 37.4 Å². The van der Waals surface area contributed by atoms with Crippen LogP contribution in [0.25, 0.3) is 0 Å². The number of aromatic nitrogens is 1. The Bertz CT molecular complexity index is 744. The molecule has 24 heavy (non-hydrogen) atoms. The topological polar surface area (TPSA) is 34.6 Å². The maximum atomic E-state index is 5.85. The van der Waals surface area contributed by atoms with Gasteiger partial charge in [0.15, 0.2) is 11.5 Å². The summed E-state index contributed by atoms with van der Waals surface area (Å²) in [5, 5.41) is 0. The lowest BCUT2D eigenvalue weighted by molar-refractivity contribution is 0.158. The lowest BCUT2D eigenvalue weighted by atomic mass is 9.85. The van der Waals surface area contributed by atoms with E-state index < -0.39 is 0 Å². The SMILES string of the molecule is CCOc1cc2c(cc1OCC)C1Cc3ncccc3CN1CC2. The molecule has 1 aromatic carbocycles. The molecule has 2 aliphatic rings. The van der Waals surface area contributed by atoms with Gasteiger partial charge in [-0.05, 0) is 55.2 Å². The minimum absolute atomic E-state index is 0.394. The maximum Gasteiger partial charge on any atom is 0.161 e. The van der Waals surface area contributed by atoms with Crippen molar-refractivity contribution in [3.8, 4) is 11.5 Å². The number of fused-ring (bicyclic) bond motifs is 4. The Kier molecular flexibility index (Phi) is 4.15. The van der Waals surface area contributed by atoms with Crippen LogP contribution in [0.2, 0.25) is 0 Å². The average Bonchev–Trinajstić information content (AvgIpc) is 2.61. The molecule has 3 heterocycles. The van der Waals surface area contributed by atoms with Crippen LogP contribution in [0.5, 0.6) is 11.5 Å². The second-order valence-corrected chi connectivity index (χ2v) is 6.41. The first-order valence-electron chi connectivity index (χ1n) is 8.89. The van der Waals surface area contributed by atoms with E-state index in [1.165, 1.54) is 22.4 Å². The predicted octanol–water partition coefficient (Wildman–Crippen LogP) is 3.53. The number of rotatable bonds is 4. The van der Waals surface area contributed by atoms with E-state index in [2.05, 4.69) is 28.1 Å². The van der Waals surface area contributed by atoms with Crippen molar-refractivity contribution in [1.29, 1.82) is 0 Å². The van der Waals surface area contributed by atoms with Gasteiger partial charge in [-0.15, -0.1) is 0 Å². The molecule has 126 valence electrons. The summed E-state index contributed by atoms with van der Waals surface area (Å²) in [4.78, 5) is 7.18. The third-order valence-corrected chi connectivity index (χ3v) is 5.02. The van der Waals surface area contributed by atoms with Crippen LogP contribution in [0, 0.1) is 0 Å². The van der Waals surface area contributed by atoms with Crippen molar-refractivity contribution in [2.75, 3.05) is 19.8 Å². The zero-order chi connectivity index (χ0) is 16.5. The summed E-state index contributed by atoms with van der Waals surface area (Å²) < 4.78 is 11.6. The van der Waals surface area contributed by atoms with Gasteiger partial charge >= 0.3 is 0 Å². The van der Waals surface area contributed by atoms with Crippen LogP contribution >= 0.6 is 0 Å². The van der Waals surface area contributed by atoms with Gasteiger partial charge in [-0.25, -0.2) is 0 Å². The van der Waals surface area contributed by atoms with E-state index in [1.807, 2.05) is 26.1 Å². The predicted molar refractivity (Wildman–Crippen MR) is 93.6 cm³/mol. The Morgan fingerprint density at radius 3 is 2.71 bits per heavy atom. The highest BCUT2D eigenvalue weighted by Crippen LogP contribution is 2.42. The van der Waals surface area contributed by atoms with Gasteiger partial charge in [0.1, 0.15) is 0 Å². The summed E-state index contributed by atoms with van der Waals surface area (Å²) in [6.07, 6.45) is 3.94. The average molecular weight is 324 g/mol. The van der Waals surface area contributed by atoms with E-state index in [-0.39, 0.29) is 0 Å². The number of hydrogen-bond acceptors (Lipinski definition) is 4. The van der Waals surface area contributed by atoms with Crippen LogP contribution in [0.3, 0.4) is 0 Å². The molecule has 1 unspecified atom stereocenters. The first-order chi connectivity index (χ1) is 11.8. The minimum Gasteiger partial charge on any atom is -0.490 e. The van der Waals surface area contributed by atoms with Gasteiger partial charge in [0.2, 0.25) is 0 Å². The van der Waals surface area contributed by atoms with Crippen molar-refractivity contribution in [3.05, 3.63) is 52.8 Å². The quantitative estimate of drug-likeness (QED) is 0.862. The fraction of sp³-hybridized carbons (Fsp3) is 0.450. The van der Waals surface area contributed by atoms with E-state index in [9.17, 15) is 0 Å². The smallest absolute Gasteiger partial charge is 0.161 e. The molecule has 1 aromatic heterocycles. The first kappa shape index (κ1) is 15.5. The Morgan fingerprint density at radius 2 is 1.92 bits per heavy atom. The lowest BCUT2D eigenvalue weighted by Gasteiger charge is -2.41. The molecule has 4 nitrogen and oxygen atoms in total. The molecule has 2 aliphatic heterocycles. The molecule has 1 atom stereocenters. The van der Waals surface area contributed by atoms with Gasteiger partial charge in [-0.3, -0.25) is 9.88 Å².